The molecule has 6 nitrogen and oxygen atoms in total. The van der Waals surface area contributed by atoms with Crippen molar-refractivity contribution in [2.75, 3.05) is 32.2 Å². The summed E-state index contributed by atoms with van der Waals surface area (Å²) in [6, 6.07) is 11.6. The number of fused-ring (bicyclic) bond motifs is 1. The molecular formula is C21H22BrN3O3. The van der Waals surface area contributed by atoms with Gasteiger partial charge < -0.3 is 19.5 Å². The highest BCUT2D eigenvalue weighted by Crippen LogP contribution is 2.38. The van der Waals surface area contributed by atoms with Gasteiger partial charge in [-0.1, -0.05) is 15.9 Å². The van der Waals surface area contributed by atoms with Gasteiger partial charge in [0, 0.05) is 29.0 Å². The average molecular weight is 444 g/mol. The summed E-state index contributed by atoms with van der Waals surface area (Å²) in [4.78, 5) is 11.1. The summed E-state index contributed by atoms with van der Waals surface area (Å²) in [6.45, 7) is 1.38. The van der Waals surface area contributed by atoms with Gasteiger partial charge in [0.1, 0.15) is 23.6 Å². The summed E-state index contributed by atoms with van der Waals surface area (Å²) in [6.07, 6.45) is 2.77. The monoisotopic (exact) mass is 443 g/mol. The Labute approximate surface area is 172 Å². The van der Waals surface area contributed by atoms with E-state index >= 15 is 0 Å². The van der Waals surface area contributed by atoms with Crippen LogP contribution in [0.4, 0.5) is 5.82 Å². The molecule has 1 fully saturated rings. The summed E-state index contributed by atoms with van der Waals surface area (Å²) >= 11 is 3.53. The molecule has 0 unspecified atom stereocenters. The third kappa shape index (κ3) is 3.52. The van der Waals surface area contributed by atoms with E-state index in [4.69, 9.17) is 9.47 Å². The van der Waals surface area contributed by atoms with Crippen LogP contribution in [0.1, 0.15) is 18.4 Å². The topological polar surface area (TPSA) is 67.7 Å². The van der Waals surface area contributed by atoms with E-state index in [0.717, 1.165) is 26.8 Å². The van der Waals surface area contributed by atoms with Gasteiger partial charge >= 0.3 is 0 Å². The maximum Gasteiger partial charge on any atom is 0.139 e. The minimum atomic E-state index is -0.929. The lowest BCUT2D eigenvalue weighted by molar-refractivity contribution is 0.0113. The number of nitrogens with zero attached hydrogens (tertiary/aromatic N) is 3. The number of rotatable bonds is 4. The number of hydrogen-bond donors (Lipinski definition) is 1. The molecule has 1 saturated heterocycles. The molecule has 0 bridgehead atoms. The molecule has 3 aromatic rings. The molecule has 1 aliphatic rings. The normalized spacial score (nSPS) is 16.2. The van der Waals surface area contributed by atoms with Crippen molar-refractivity contribution in [1.29, 1.82) is 0 Å². The molecule has 0 saturated carbocycles. The van der Waals surface area contributed by atoms with E-state index in [0.29, 0.717) is 37.4 Å². The van der Waals surface area contributed by atoms with Crippen LogP contribution in [0.2, 0.25) is 0 Å². The summed E-state index contributed by atoms with van der Waals surface area (Å²) in [7, 11) is 3.23. The second-order valence-electron chi connectivity index (χ2n) is 6.98. The number of anilines is 1. The molecule has 1 N–H and O–H groups in total. The van der Waals surface area contributed by atoms with Gasteiger partial charge in [-0.15, -0.1) is 0 Å². The maximum atomic E-state index is 11.3. The Hall–Kier alpha value is -2.38. The zero-order valence-corrected chi connectivity index (χ0v) is 17.4. The number of halogens is 1. The molecule has 146 valence electrons. The summed E-state index contributed by atoms with van der Waals surface area (Å²) < 4.78 is 11.7. The van der Waals surface area contributed by atoms with Crippen LogP contribution < -0.4 is 14.4 Å². The van der Waals surface area contributed by atoms with Crippen molar-refractivity contribution >= 4 is 32.7 Å². The van der Waals surface area contributed by atoms with E-state index in [9.17, 15) is 5.11 Å². The van der Waals surface area contributed by atoms with Crippen LogP contribution in [0.3, 0.4) is 0 Å². The second kappa shape index (κ2) is 7.56. The highest BCUT2D eigenvalue weighted by molar-refractivity contribution is 9.10. The first-order valence-corrected chi connectivity index (χ1v) is 9.93. The van der Waals surface area contributed by atoms with Gasteiger partial charge in [0.05, 0.1) is 25.3 Å². The molecule has 1 aliphatic heterocycles. The van der Waals surface area contributed by atoms with E-state index in [1.54, 1.807) is 20.5 Å². The molecular weight excluding hydrogens is 422 g/mol. The van der Waals surface area contributed by atoms with Crippen LogP contribution in [-0.4, -0.2) is 42.4 Å². The van der Waals surface area contributed by atoms with Crippen molar-refractivity contribution in [3.63, 3.8) is 0 Å². The zero-order chi connectivity index (χ0) is 19.7. The highest BCUT2D eigenvalue weighted by Gasteiger charge is 2.35. The summed E-state index contributed by atoms with van der Waals surface area (Å²) in [5.74, 6) is 2.25. The SMILES string of the molecule is COc1cc(OC)cc(C2(O)CCN(c3ncnc4ccc(Br)cc34)CC2)c1. The molecule has 7 heteroatoms. The Balaban J connectivity index is 1.61. The number of methoxy groups -OCH3 is 2. The molecule has 0 spiro atoms. The smallest absolute Gasteiger partial charge is 0.139 e. The van der Waals surface area contributed by atoms with Crippen LogP contribution in [0.25, 0.3) is 10.9 Å². The first-order valence-electron chi connectivity index (χ1n) is 9.13. The van der Waals surface area contributed by atoms with Crippen LogP contribution >= 0.6 is 15.9 Å². The van der Waals surface area contributed by atoms with Gasteiger partial charge in [0.2, 0.25) is 0 Å². The number of aliphatic hydroxyl groups is 1. The van der Waals surface area contributed by atoms with Crippen molar-refractivity contribution in [2.24, 2.45) is 0 Å². The van der Waals surface area contributed by atoms with Crippen LogP contribution in [-0.2, 0) is 5.60 Å². The Kier molecular flexibility index (Phi) is 5.12. The van der Waals surface area contributed by atoms with Gasteiger partial charge in [-0.05, 0) is 48.7 Å². The summed E-state index contributed by atoms with van der Waals surface area (Å²) in [5, 5.41) is 12.3. The minimum Gasteiger partial charge on any atom is -0.497 e. The van der Waals surface area contributed by atoms with Gasteiger partial charge in [0.25, 0.3) is 0 Å². The molecule has 0 amide bonds. The van der Waals surface area contributed by atoms with Gasteiger partial charge in [-0.25, -0.2) is 9.97 Å². The predicted octanol–water partition coefficient (Wildman–Crippen LogP) is 3.90. The Bertz CT molecular complexity index is 981. The lowest BCUT2D eigenvalue weighted by Crippen LogP contribution is -2.43. The van der Waals surface area contributed by atoms with Crippen molar-refractivity contribution in [1.82, 2.24) is 9.97 Å². The van der Waals surface area contributed by atoms with E-state index in [-0.39, 0.29) is 0 Å². The second-order valence-corrected chi connectivity index (χ2v) is 7.89. The van der Waals surface area contributed by atoms with E-state index in [1.807, 2.05) is 36.4 Å². The van der Waals surface area contributed by atoms with Crippen LogP contribution in [0.5, 0.6) is 11.5 Å². The van der Waals surface area contributed by atoms with E-state index in [2.05, 4.69) is 30.8 Å². The molecule has 4 rings (SSSR count). The maximum absolute atomic E-state index is 11.3. The molecule has 0 aliphatic carbocycles. The average Bonchev–Trinajstić information content (AvgIpc) is 2.73. The fourth-order valence-corrected chi connectivity index (χ4v) is 4.08. The molecule has 2 heterocycles. The van der Waals surface area contributed by atoms with Gasteiger partial charge in [-0.2, -0.15) is 0 Å². The number of hydrogen-bond acceptors (Lipinski definition) is 6. The molecule has 1 aromatic heterocycles. The van der Waals surface area contributed by atoms with E-state index in [1.165, 1.54) is 0 Å². The fourth-order valence-electron chi connectivity index (χ4n) is 3.72. The largest absolute Gasteiger partial charge is 0.497 e. The van der Waals surface area contributed by atoms with Crippen molar-refractivity contribution < 1.29 is 14.6 Å². The van der Waals surface area contributed by atoms with Crippen molar-refractivity contribution in [3.05, 3.63) is 52.8 Å². The summed E-state index contributed by atoms with van der Waals surface area (Å²) in [5.41, 5.74) is 0.798. The van der Waals surface area contributed by atoms with Crippen molar-refractivity contribution in [2.45, 2.75) is 18.4 Å². The first-order chi connectivity index (χ1) is 13.5. The predicted molar refractivity (Wildman–Crippen MR) is 112 cm³/mol. The number of benzene rings is 2. The molecule has 0 radical (unpaired) electrons. The zero-order valence-electron chi connectivity index (χ0n) is 15.9. The Morgan fingerprint density at radius 1 is 1.00 bits per heavy atom. The number of piperidine rings is 1. The van der Waals surface area contributed by atoms with Crippen LogP contribution in [0.15, 0.2) is 47.2 Å². The lowest BCUT2D eigenvalue weighted by atomic mass is 9.84. The van der Waals surface area contributed by atoms with Crippen LogP contribution in [0, 0.1) is 0 Å². The van der Waals surface area contributed by atoms with Crippen molar-refractivity contribution in [3.8, 4) is 11.5 Å². The van der Waals surface area contributed by atoms with Gasteiger partial charge in [0.15, 0.2) is 0 Å². The Morgan fingerprint density at radius 3 is 2.32 bits per heavy atom. The molecule has 28 heavy (non-hydrogen) atoms. The third-order valence-corrected chi connectivity index (χ3v) is 5.85. The lowest BCUT2D eigenvalue weighted by Gasteiger charge is -2.39. The number of aromatic nitrogens is 2. The third-order valence-electron chi connectivity index (χ3n) is 5.36. The Morgan fingerprint density at radius 2 is 1.68 bits per heavy atom. The standard InChI is InChI=1S/C21H22BrN3O3/c1-27-16-9-14(10-17(12-16)28-2)21(26)5-7-25(8-6-21)20-18-11-15(22)3-4-19(18)23-13-24-20/h3-4,9-13,26H,5-8H2,1-2H3. The minimum absolute atomic E-state index is 0.586. The molecule has 0 atom stereocenters. The molecule has 2 aromatic carbocycles. The number of ether oxygens (including phenoxy) is 2. The quantitative estimate of drug-likeness (QED) is 0.659. The van der Waals surface area contributed by atoms with E-state index < -0.39 is 5.60 Å². The highest BCUT2D eigenvalue weighted by atomic mass is 79.9. The van der Waals surface area contributed by atoms with Gasteiger partial charge in [-0.3, -0.25) is 0 Å². The fraction of sp³-hybridized carbons (Fsp3) is 0.333. The first kappa shape index (κ1) is 19.0.